The van der Waals surface area contributed by atoms with Crippen LogP contribution in [-0.2, 0) is 9.59 Å². The van der Waals surface area contributed by atoms with Gasteiger partial charge in [0.05, 0.1) is 0 Å². The smallest absolute Gasteiger partial charge is 0.229 e. The molecule has 2 amide bonds. The van der Waals surface area contributed by atoms with Crippen LogP contribution in [0.15, 0.2) is 0 Å². The Kier molecular flexibility index (Phi) is 6.19. The van der Waals surface area contributed by atoms with Crippen molar-refractivity contribution in [3.05, 3.63) is 0 Å². The fourth-order valence-electron chi connectivity index (χ4n) is 2.22. The highest BCUT2D eigenvalue weighted by Gasteiger charge is 2.24. The Hall–Kier alpha value is -0.900. The van der Waals surface area contributed by atoms with Gasteiger partial charge in [-0.1, -0.05) is 13.3 Å². The summed E-state index contributed by atoms with van der Waals surface area (Å²) in [5, 5.41) is 3.35. The Labute approximate surface area is 104 Å². The average Bonchev–Trinajstić information content (AvgIpc) is 2.28. The predicted octanol–water partition coefficient (Wildman–Crippen LogP) is 1.69. The number of nitrogens with one attached hydrogen (secondary N) is 1. The van der Waals surface area contributed by atoms with E-state index in [1.54, 1.807) is 0 Å². The Bertz CT molecular complexity index is 250. The van der Waals surface area contributed by atoms with Crippen molar-refractivity contribution in [2.24, 2.45) is 0 Å². The molecule has 0 aromatic rings. The minimum absolute atomic E-state index is 0.0148. The van der Waals surface area contributed by atoms with E-state index >= 15 is 0 Å². The lowest BCUT2D eigenvalue weighted by molar-refractivity contribution is -0.147. The summed E-state index contributed by atoms with van der Waals surface area (Å²) in [5.41, 5.74) is 0. The maximum absolute atomic E-state index is 11.5. The standard InChI is InChI=1S/C13H24N2O2/c1-3-14-11(2)7-4-5-10-15-12(16)8-6-9-13(15)17/h11,14H,3-10H2,1-2H3. The molecule has 1 aliphatic rings. The number of piperidine rings is 1. The highest BCUT2D eigenvalue weighted by atomic mass is 16.2. The minimum atomic E-state index is 0.0148. The molecule has 1 unspecified atom stereocenters. The van der Waals surface area contributed by atoms with Gasteiger partial charge >= 0.3 is 0 Å². The van der Waals surface area contributed by atoms with Gasteiger partial charge in [0.15, 0.2) is 0 Å². The van der Waals surface area contributed by atoms with E-state index in [4.69, 9.17) is 0 Å². The predicted molar refractivity (Wildman–Crippen MR) is 67.6 cm³/mol. The van der Waals surface area contributed by atoms with Crippen molar-refractivity contribution >= 4 is 11.8 Å². The summed E-state index contributed by atoms with van der Waals surface area (Å²) in [6, 6.07) is 0.521. The number of nitrogens with zero attached hydrogens (tertiary/aromatic N) is 1. The van der Waals surface area contributed by atoms with Gasteiger partial charge in [-0.2, -0.15) is 0 Å². The van der Waals surface area contributed by atoms with Crippen LogP contribution < -0.4 is 5.32 Å². The summed E-state index contributed by atoms with van der Waals surface area (Å²) in [4.78, 5) is 24.5. The maximum atomic E-state index is 11.5. The van der Waals surface area contributed by atoms with Crippen molar-refractivity contribution in [3.63, 3.8) is 0 Å². The second-order valence-electron chi connectivity index (χ2n) is 4.75. The van der Waals surface area contributed by atoms with E-state index in [1.165, 1.54) is 4.90 Å². The van der Waals surface area contributed by atoms with E-state index in [-0.39, 0.29) is 11.8 Å². The lowest BCUT2D eigenvalue weighted by atomic mass is 10.1. The molecule has 0 aromatic heterocycles. The molecule has 1 N–H and O–H groups in total. The van der Waals surface area contributed by atoms with Gasteiger partial charge in [-0.05, 0) is 32.7 Å². The van der Waals surface area contributed by atoms with Crippen molar-refractivity contribution in [2.75, 3.05) is 13.1 Å². The molecule has 17 heavy (non-hydrogen) atoms. The van der Waals surface area contributed by atoms with Crippen LogP contribution >= 0.6 is 0 Å². The molecule has 0 aromatic carbocycles. The van der Waals surface area contributed by atoms with Crippen LogP contribution in [0.5, 0.6) is 0 Å². The maximum Gasteiger partial charge on any atom is 0.229 e. The first-order chi connectivity index (χ1) is 8.15. The lowest BCUT2D eigenvalue weighted by Gasteiger charge is -2.24. The normalized spacial score (nSPS) is 18.6. The second kappa shape index (κ2) is 7.43. The summed E-state index contributed by atoms with van der Waals surface area (Å²) in [6.45, 7) is 5.86. The van der Waals surface area contributed by atoms with Crippen molar-refractivity contribution < 1.29 is 9.59 Å². The first kappa shape index (κ1) is 14.2. The van der Waals surface area contributed by atoms with Gasteiger partial charge in [-0.15, -0.1) is 0 Å². The van der Waals surface area contributed by atoms with Crippen molar-refractivity contribution in [1.29, 1.82) is 0 Å². The molecule has 1 rings (SSSR count). The molecule has 0 aliphatic carbocycles. The summed E-state index contributed by atoms with van der Waals surface area (Å²) in [5.74, 6) is 0.0296. The van der Waals surface area contributed by atoms with Crippen molar-refractivity contribution in [3.8, 4) is 0 Å². The number of likely N-dealkylation sites (tertiary alicyclic amines) is 1. The molecule has 0 radical (unpaired) electrons. The van der Waals surface area contributed by atoms with Gasteiger partial charge < -0.3 is 5.32 Å². The van der Waals surface area contributed by atoms with Crippen LogP contribution in [-0.4, -0.2) is 35.8 Å². The van der Waals surface area contributed by atoms with Crippen molar-refractivity contribution in [2.45, 2.75) is 58.4 Å². The van der Waals surface area contributed by atoms with Gasteiger partial charge in [0, 0.05) is 25.4 Å². The molecule has 0 saturated carbocycles. The number of unbranched alkanes of at least 4 members (excludes halogenated alkanes) is 1. The third-order valence-electron chi connectivity index (χ3n) is 3.20. The fraction of sp³-hybridized carbons (Fsp3) is 0.846. The molecule has 1 fully saturated rings. The molecule has 1 aliphatic heterocycles. The number of imide groups is 1. The summed E-state index contributed by atoms with van der Waals surface area (Å²) >= 11 is 0. The lowest BCUT2D eigenvalue weighted by Crippen LogP contribution is -2.40. The quantitative estimate of drug-likeness (QED) is 0.544. The molecule has 98 valence electrons. The zero-order valence-electron chi connectivity index (χ0n) is 11.0. The highest BCUT2D eigenvalue weighted by Crippen LogP contribution is 2.13. The zero-order chi connectivity index (χ0) is 12.7. The highest BCUT2D eigenvalue weighted by molar-refractivity contribution is 5.97. The largest absolute Gasteiger partial charge is 0.315 e. The molecule has 0 bridgehead atoms. The van der Waals surface area contributed by atoms with Gasteiger partial charge in [0.1, 0.15) is 0 Å². The molecule has 1 atom stereocenters. The van der Waals surface area contributed by atoms with Crippen LogP contribution in [0, 0.1) is 0 Å². The third kappa shape index (κ3) is 4.86. The number of carbonyl (C=O) groups is 2. The van der Waals surface area contributed by atoms with Crippen LogP contribution in [0.1, 0.15) is 52.4 Å². The molecule has 1 saturated heterocycles. The van der Waals surface area contributed by atoms with Crippen LogP contribution in [0.3, 0.4) is 0 Å². The SMILES string of the molecule is CCNC(C)CCCCN1C(=O)CCCC1=O. The number of rotatable bonds is 7. The number of hydrogen-bond donors (Lipinski definition) is 1. The summed E-state index contributed by atoms with van der Waals surface area (Å²) in [7, 11) is 0. The Morgan fingerprint density at radius 3 is 2.47 bits per heavy atom. The molecule has 4 heteroatoms. The molecule has 0 spiro atoms. The van der Waals surface area contributed by atoms with E-state index < -0.39 is 0 Å². The Balaban J connectivity index is 2.17. The van der Waals surface area contributed by atoms with E-state index in [0.717, 1.165) is 32.2 Å². The monoisotopic (exact) mass is 240 g/mol. The van der Waals surface area contributed by atoms with Crippen molar-refractivity contribution in [1.82, 2.24) is 10.2 Å². The van der Waals surface area contributed by atoms with Crippen LogP contribution in [0.25, 0.3) is 0 Å². The minimum Gasteiger partial charge on any atom is -0.315 e. The first-order valence-electron chi connectivity index (χ1n) is 6.71. The van der Waals surface area contributed by atoms with Crippen LogP contribution in [0.2, 0.25) is 0 Å². The van der Waals surface area contributed by atoms with Gasteiger partial charge in [-0.3, -0.25) is 14.5 Å². The Morgan fingerprint density at radius 2 is 1.88 bits per heavy atom. The van der Waals surface area contributed by atoms with E-state index in [0.29, 0.717) is 25.4 Å². The third-order valence-corrected chi connectivity index (χ3v) is 3.20. The number of carbonyl (C=O) groups excluding carboxylic acids is 2. The molecular formula is C13H24N2O2. The van der Waals surface area contributed by atoms with Gasteiger partial charge in [0.2, 0.25) is 11.8 Å². The number of amides is 2. The van der Waals surface area contributed by atoms with E-state index in [1.807, 2.05) is 0 Å². The molecule has 1 heterocycles. The molecular weight excluding hydrogens is 216 g/mol. The van der Waals surface area contributed by atoms with Crippen LogP contribution in [0.4, 0.5) is 0 Å². The first-order valence-corrected chi connectivity index (χ1v) is 6.71. The number of hydrogen-bond acceptors (Lipinski definition) is 3. The van der Waals surface area contributed by atoms with E-state index in [9.17, 15) is 9.59 Å². The summed E-state index contributed by atoms with van der Waals surface area (Å²) < 4.78 is 0. The zero-order valence-corrected chi connectivity index (χ0v) is 11.0. The topological polar surface area (TPSA) is 49.4 Å². The molecule has 4 nitrogen and oxygen atoms in total. The van der Waals surface area contributed by atoms with Gasteiger partial charge in [0.25, 0.3) is 0 Å². The Morgan fingerprint density at radius 1 is 1.24 bits per heavy atom. The fourth-order valence-corrected chi connectivity index (χ4v) is 2.22. The van der Waals surface area contributed by atoms with Gasteiger partial charge in [-0.25, -0.2) is 0 Å². The second-order valence-corrected chi connectivity index (χ2v) is 4.75. The average molecular weight is 240 g/mol. The van der Waals surface area contributed by atoms with E-state index in [2.05, 4.69) is 19.2 Å². The summed E-state index contributed by atoms with van der Waals surface area (Å²) in [6.07, 6.45) is 4.90.